The quantitative estimate of drug-likeness (QED) is 0.641. The molecule has 0 saturated heterocycles. The van der Waals surface area contributed by atoms with E-state index in [9.17, 15) is 8.42 Å². The molecule has 0 spiro atoms. The van der Waals surface area contributed by atoms with Gasteiger partial charge in [-0.3, -0.25) is 4.55 Å². The van der Waals surface area contributed by atoms with Gasteiger partial charge in [-0.2, -0.15) is 8.42 Å². The number of hydrogen-bond donors (Lipinski definition) is 1. The lowest BCUT2D eigenvalue weighted by molar-refractivity contribution is 0.316. The molecule has 1 N–H and O–H groups in total. The summed E-state index contributed by atoms with van der Waals surface area (Å²) in [5, 5.41) is 0. The fraction of sp³-hybridized carbons (Fsp3) is 0.333. The maximum Gasteiger partial charge on any atom is 0.264 e. The van der Waals surface area contributed by atoms with Crippen molar-refractivity contribution in [3.63, 3.8) is 0 Å². The first-order valence-corrected chi connectivity index (χ1v) is 5.82. The van der Waals surface area contributed by atoms with Gasteiger partial charge in [-0.25, -0.2) is 0 Å². The van der Waals surface area contributed by atoms with Crippen LogP contribution >= 0.6 is 12.4 Å². The van der Waals surface area contributed by atoms with Crippen molar-refractivity contribution in [2.45, 2.75) is 6.42 Å². The number of para-hydroxylation sites is 1. The summed E-state index contributed by atoms with van der Waals surface area (Å²) in [6, 6.07) is 9.10. The molecular formula is C9H13ClO4S. The summed E-state index contributed by atoms with van der Waals surface area (Å²) in [6.07, 6.45) is 0.285. The molecule has 0 aromatic heterocycles. The molecule has 6 heteroatoms. The van der Waals surface area contributed by atoms with Gasteiger partial charge in [0.2, 0.25) is 0 Å². The SMILES string of the molecule is Cl.O=S(=O)(O)CCCOc1ccccc1. The summed E-state index contributed by atoms with van der Waals surface area (Å²) >= 11 is 0. The Morgan fingerprint density at radius 3 is 2.33 bits per heavy atom. The molecule has 0 aliphatic rings. The first-order chi connectivity index (χ1) is 6.58. The van der Waals surface area contributed by atoms with E-state index in [0.717, 1.165) is 0 Å². The summed E-state index contributed by atoms with van der Waals surface area (Å²) in [5.74, 6) is 0.433. The van der Waals surface area contributed by atoms with Crippen molar-refractivity contribution in [2.24, 2.45) is 0 Å². The number of halogens is 1. The molecule has 4 nitrogen and oxygen atoms in total. The monoisotopic (exact) mass is 252 g/mol. The number of ether oxygens (including phenoxy) is 1. The third kappa shape index (κ3) is 7.18. The third-order valence-electron chi connectivity index (χ3n) is 1.56. The van der Waals surface area contributed by atoms with E-state index in [2.05, 4.69) is 0 Å². The average molecular weight is 253 g/mol. The van der Waals surface area contributed by atoms with Crippen LogP contribution in [0.3, 0.4) is 0 Å². The van der Waals surface area contributed by atoms with Crippen LogP contribution in [0.4, 0.5) is 0 Å². The van der Waals surface area contributed by atoms with Gasteiger partial charge in [-0.15, -0.1) is 12.4 Å². The first kappa shape index (κ1) is 14.2. The van der Waals surface area contributed by atoms with Crippen LogP contribution < -0.4 is 4.74 Å². The summed E-state index contributed by atoms with van der Waals surface area (Å²) in [6.45, 7) is 0.282. The van der Waals surface area contributed by atoms with Gasteiger partial charge in [0.25, 0.3) is 10.1 Å². The van der Waals surface area contributed by atoms with Crippen molar-refractivity contribution in [1.82, 2.24) is 0 Å². The van der Waals surface area contributed by atoms with E-state index in [1.807, 2.05) is 18.2 Å². The zero-order chi connectivity index (χ0) is 10.4. The number of benzene rings is 1. The number of hydrogen-bond acceptors (Lipinski definition) is 3. The Labute approximate surface area is 95.4 Å². The lowest BCUT2D eigenvalue weighted by Crippen LogP contribution is -2.08. The predicted octanol–water partition coefficient (Wildman–Crippen LogP) is 1.77. The van der Waals surface area contributed by atoms with Crippen LogP contribution in [-0.2, 0) is 10.1 Å². The van der Waals surface area contributed by atoms with Crippen molar-refractivity contribution in [1.29, 1.82) is 0 Å². The summed E-state index contributed by atoms with van der Waals surface area (Å²) in [5.41, 5.74) is 0. The normalized spacial score (nSPS) is 10.5. The summed E-state index contributed by atoms with van der Waals surface area (Å²) < 4.78 is 34.3. The smallest absolute Gasteiger partial charge is 0.264 e. The Morgan fingerprint density at radius 1 is 1.20 bits per heavy atom. The topological polar surface area (TPSA) is 63.6 Å². The van der Waals surface area contributed by atoms with Crippen LogP contribution in [0.25, 0.3) is 0 Å². The van der Waals surface area contributed by atoms with Crippen LogP contribution in [0.5, 0.6) is 5.75 Å². The predicted molar refractivity (Wildman–Crippen MR) is 60.2 cm³/mol. The van der Waals surface area contributed by atoms with Gasteiger partial charge in [0.1, 0.15) is 5.75 Å². The third-order valence-corrected chi connectivity index (χ3v) is 2.36. The second-order valence-corrected chi connectivity index (χ2v) is 4.37. The van der Waals surface area contributed by atoms with Crippen LogP contribution in [0.2, 0.25) is 0 Å². The van der Waals surface area contributed by atoms with Gasteiger partial charge < -0.3 is 4.74 Å². The Kier molecular flexibility index (Phi) is 6.31. The minimum absolute atomic E-state index is 0. The van der Waals surface area contributed by atoms with Crippen molar-refractivity contribution in [3.8, 4) is 5.75 Å². The average Bonchev–Trinajstić information content (AvgIpc) is 2.13. The molecule has 1 rings (SSSR count). The molecule has 0 saturated carbocycles. The Balaban J connectivity index is 0.00000196. The molecule has 0 fully saturated rings. The zero-order valence-electron chi connectivity index (χ0n) is 8.00. The lowest BCUT2D eigenvalue weighted by atomic mass is 10.3. The van der Waals surface area contributed by atoms with Crippen molar-refractivity contribution < 1.29 is 17.7 Å². The van der Waals surface area contributed by atoms with Gasteiger partial charge in [-0.05, 0) is 18.6 Å². The molecule has 15 heavy (non-hydrogen) atoms. The van der Waals surface area contributed by atoms with Gasteiger partial charge in [0.15, 0.2) is 0 Å². The van der Waals surface area contributed by atoms with E-state index < -0.39 is 10.1 Å². The molecule has 1 aromatic carbocycles. The number of rotatable bonds is 5. The van der Waals surface area contributed by atoms with Crippen LogP contribution in [0, 0.1) is 0 Å². The van der Waals surface area contributed by atoms with Crippen LogP contribution in [0.1, 0.15) is 6.42 Å². The van der Waals surface area contributed by atoms with E-state index in [4.69, 9.17) is 9.29 Å². The zero-order valence-corrected chi connectivity index (χ0v) is 9.63. The second-order valence-electron chi connectivity index (χ2n) is 2.80. The first-order valence-electron chi connectivity index (χ1n) is 4.21. The molecule has 86 valence electrons. The minimum Gasteiger partial charge on any atom is -0.494 e. The molecule has 0 aliphatic carbocycles. The van der Waals surface area contributed by atoms with Crippen LogP contribution in [-0.4, -0.2) is 25.3 Å². The van der Waals surface area contributed by atoms with Gasteiger partial charge in [-0.1, -0.05) is 18.2 Å². The molecule has 0 bridgehead atoms. The largest absolute Gasteiger partial charge is 0.494 e. The van der Waals surface area contributed by atoms with E-state index in [1.54, 1.807) is 12.1 Å². The highest BCUT2D eigenvalue weighted by Gasteiger charge is 2.03. The van der Waals surface area contributed by atoms with Gasteiger partial charge in [0, 0.05) is 0 Å². The standard InChI is InChI=1S/C9H12O4S.ClH/c10-14(11,12)8-4-7-13-9-5-2-1-3-6-9;/h1-3,5-6H,4,7-8H2,(H,10,11,12);1H. The highest BCUT2D eigenvalue weighted by molar-refractivity contribution is 7.85. The van der Waals surface area contributed by atoms with E-state index in [0.29, 0.717) is 5.75 Å². The van der Waals surface area contributed by atoms with E-state index in [-0.39, 0.29) is 31.2 Å². The highest BCUT2D eigenvalue weighted by atomic mass is 35.5. The maximum absolute atomic E-state index is 10.3. The van der Waals surface area contributed by atoms with Gasteiger partial charge in [0.05, 0.1) is 12.4 Å². The highest BCUT2D eigenvalue weighted by Crippen LogP contribution is 2.08. The van der Waals surface area contributed by atoms with Crippen LogP contribution in [0.15, 0.2) is 30.3 Å². The Morgan fingerprint density at radius 2 is 1.80 bits per heavy atom. The minimum atomic E-state index is -3.86. The molecular weight excluding hydrogens is 240 g/mol. The Hall–Kier alpha value is -0.780. The molecule has 0 aliphatic heterocycles. The second kappa shape index (κ2) is 6.66. The van der Waals surface area contributed by atoms with Crippen molar-refractivity contribution in [3.05, 3.63) is 30.3 Å². The van der Waals surface area contributed by atoms with Crippen molar-refractivity contribution in [2.75, 3.05) is 12.4 Å². The molecule has 0 heterocycles. The molecule has 0 radical (unpaired) electrons. The molecule has 0 unspecified atom stereocenters. The maximum atomic E-state index is 10.3. The van der Waals surface area contributed by atoms with E-state index >= 15 is 0 Å². The summed E-state index contributed by atoms with van der Waals surface area (Å²) in [7, 11) is -3.86. The fourth-order valence-corrected chi connectivity index (χ4v) is 1.43. The molecule has 1 aromatic rings. The van der Waals surface area contributed by atoms with Crippen molar-refractivity contribution >= 4 is 22.5 Å². The fourth-order valence-electron chi connectivity index (χ4n) is 0.948. The Bertz CT molecular complexity index is 363. The summed E-state index contributed by atoms with van der Waals surface area (Å²) in [4.78, 5) is 0. The lowest BCUT2D eigenvalue weighted by Gasteiger charge is -2.04. The van der Waals surface area contributed by atoms with Gasteiger partial charge >= 0.3 is 0 Å². The van der Waals surface area contributed by atoms with E-state index in [1.165, 1.54) is 0 Å². The molecule has 0 atom stereocenters. The molecule has 0 amide bonds.